The second-order valence-electron chi connectivity index (χ2n) is 5.49. The molecule has 1 amide bonds. The van der Waals surface area contributed by atoms with E-state index in [4.69, 9.17) is 4.74 Å². The van der Waals surface area contributed by atoms with Crippen LogP contribution in [-0.4, -0.2) is 19.6 Å². The molecule has 3 aromatic rings. The predicted molar refractivity (Wildman–Crippen MR) is 98.7 cm³/mol. The minimum atomic E-state index is -0.269. The number of thiophene rings is 1. The van der Waals surface area contributed by atoms with E-state index in [1.165, 1.54) is 23.5 Å². The van der Waals surface area contributed by atoms with Gasteiger partial charge in [-0.1, -0.05) is 30.3 Å². The van der Waals surface area contributed by atoms with Crippen molar-refractivity contribution < 1.29 is 13.9 Å². The number of ether oxygens (including phenoxy) is 1. The number of methoxy groups -OCH3 is 1. The molecule has 0 aliphatic carbocycles. The van der Waals surface area contributed by atoms with E-state index < -0.39 is 0 Å². The standard InChI is InChI=1S/C20H18FNO2S/c1-24-17-5-3-2-4-14(17)12-13-22-20(23)19-11-10-18(25-19)15-6-8-16(21)9-7-15/h2-11H,12-13H2,1H3,(H,22,23). The van der Waals surface area contributed by atoms with E-state index in [-0.39, 0.29) is 11.7 Å². The molecule has 2 aromatic carbocycles. The number of para-hydroxylation sites is 1. The Balaban J connectivity index is 1.59. The van der Waals surface area contributed by atoms with Gasteiger partial charge in [0.1, 0.15) is 11.6 Å². The van der Waals surface area contributed by atoms with Crippen LogP contribution >= 0.6 is 11.3 Å². The Morgan fingerprint density at radius 3 is 2.60 bits per heavy atom. The monoisotopic (exact) mass is 355 g/mol. The number of benzene rings is 2. The smallest absolute Gasteiger partial charge is 0.261 e. The van der Waals surface area contributed by atoms with Gasteiger partial charge in [0, 0.05) is 11.4 Å². The number of nitrogens with one attached hydrogen (secondary N) is 1. The lowest BCUT2D eigenvalue weighted by atomic mass is 10.1. The van der Waals surface area contributed by atoms with Gasteiger partial charge in [-0.05, 0) is 47.9 Å². The first kappa shape index (κ1) is 17.2. The molecule has 0 radical (unpaired) electrons. The van der Waals surface area contributed by atoms with Gasteiger partial charge < -0.3 is 10.1 Å². The number of amides is 1. The van der Waals surface area contributed by atoms with Crippen LogP contribution in [0.2, 0.25) is 0 Å². The van der Waals surface area contributed by atoms with Crippen LogP contribution in [0.3, 0.4) is 0 Å². The molecule has 0 unspecified atom stereocenters. The summed E-state index contributed by atoms with van der Waals surface area (Å²) in [7, 11) is 1.64. The summed E-state index contributed by atoms with van der Waals surface area (Å²) in [6.07, 6.45) is 0.700. The van der Waals surface area contributed by atoms with E-state index in [2.05, 4.69) is 5.32 Å². The van der Waals surface area contributed by atoms with Crippen LogP contribution in [-0.2, 0) is 6.42 Å². The van der Waals surface area contributed by atoms with Gasteiger partial charge in [-0.2, -0.15) is 0 Å². The van der Waals surface area contributed by atoms with Crippen LogP contribution in [0.15, 0.2) is 60.7 Å². The summed E-state index contributed by atoms with van der Waals surface area (Å²) in [4.78, 5) is 13.9. The van der Waals surface area contributed by atoms with Crippen molar-refractivity contribution in [3.63, 3.8) is 0 Å². The molecular formula is C20H18FNO2S. The van der Waals surface area contributed by atoms with Gasteiger partial charge in [0.05, 0.1) is 12.0 Å². The van der Waals surface area contributed by atoms with E-state index >= 15 is 0 Å². The predicted octanol–water partition coefficient (Wildman–Crippen LogP) is 4.54. The maximum Gasteiger partial charge on any atom is 0.261 e. The summed E-state index contributed by atoms with van der Waals surface area (Å²) in [5.41, 5.74) is 1.96. The molecule has 0 bridgehead atoms. The number of halogens is 1. The quantitative estimate of drug-likeness (QED) is 0.705. The van der Waals surface area contributed by atoms with E-state index in [0.717, 1.165) is 21.8 Å². The first-order chi connectivity index (χ1) is 12.2. The number of hydrogen-bond donors (Lipinski definition) is 1. The molecule has 3 rings (SSSR count). The molecule has 1 heterocycles. The third-order valence-corrected chi connectivity index (χ3v) is 4.96. The summed E-state index contributed by atoms with van der Waals surface area (Å²) in [5, 5.41) is 2.93. The number of hydrogen-bond acceptors (Lipinski definition) is 3. The normalized spacial score (nSPS) is 10.5. The van der Waals surface area contributed by atoms with Gasteiger partial charge in [-0.3, -0.25) is 4.79 Å². The second kappa shape index (κ2) is 7.94. The Hall–Kier alpha value is -2.66. The molecule has 0 aliphatic heterocycles. The first-order valence-electron chi connectivity index (χ1n) is 7.93. The highest BCUT2D eigenvalue weighted by molar-refractivity contribution is 7.17. The Morgan fingerprint density at radius 1 is 1.08 bits per heavy atom. The van der Waals surface area contributed by atoms with Crippen LogP contribution in [0.5, 0.6) is 5.75 Å². The van der Waals surface area contributed by atoms with Crippen molar-refractivity contribution in [3.05, 3.63) is 76.9 Å². The van der Waals surface area contributed by atoms with Crippen molar-refractivity contribution in [2.75, 3.05) is 13.7 Å². The Labute approximate surface area is 150 Å². The molecule has 0 atom stereocenters. The molecular weight excluding hydrogens is 337 g/mol. The van der Waals surface area contributed by atoms with Crippen molar-refractivity contribution in [1.29, 1.82) is 0 Å². The van der Waals surface area contributed by atoms with E-state index in [1.807, 2.05) is 30.3 Å². The Bertz CT molecular complexity index is 858. The van der Waals surface area contributed by atoms with Crippen molar-refractivity contribution in [3.8, 4) is 16.2 Å². The highest BCUT2D eigenvalue weighted by Gasteiger charge is 2.10. The molecule has 128 valence electrons. The molecule has 0 saturated heterocycles. The topological polar surface area (TPSA) is 38.3 Å². The number of carbonyl (C=O) groups is 1. The lowest BCUT2D eigenvalue weighted by Crippen LogP contribution is -2.24. The molecule has 25 heavy (non-hydrogen) atoms. The third kappa shape index (κ3) is 4.25. The third-order valence-electron chi connectivity index (χ3n) is 3.83. The zero-order valence-corrected chi connectivity index (χ0v) is 14.6. The summed E-state index contributed by atoms with van der Waals surface area (Å²) < 4.78 is 18.3. The van der Waals surface area contributed by atoms with Gasteiger partial charge in [-0.25, -0.2) is 4.39 Å². The maximum absolute atomic E-state index is 13.0. The van der Waals surface area contributed by atoms with Gasteiger partial charge in [0.2, 0.25) is 0 Å². The van der Waals surface area contributed by atoms with Crippen molar-refractivity contribution in [1.82, 2.24) is 5.32 Å². The highest BCUT2D eigenvalue weighted by atomic mass is 32.1. The van der Waals surface area contributed by atoms with Gasteiger partial charge >= 0.3 is 0 Å². The van der Waals surface area contributed by atoms with Crippen molar-refractivity contribution in [2.24, 2.45) is 0 Å². The van der Waals surface area contributed by atoms with Crippen molar-refractivity contribution >= 4 is 17.2 Å². The molecule has 0 fully saturated rings. The number of rotatable bonds is 6. The van der Waals surface area contributed by atoms with Gasteiger partial charge in [0.15, 0.2) is 0 Å². The van der Waals surface area contributed by atoms with E-state index in [0.29, 0.717) is 17.8 Å². The molecule has 1 N–H and O–H groups in total. The molecule has 0 spiro atoms. The average molecular weight is 355 g/mol. The van der Waals surface area contributed by atoms with Crippen molar-refractivity contribution in [2.45, 2.75) is 6.42 Å². The zero-order chi connectivity index (χ0) is 17.6. The fraction of sp³-hybridized carbons (Fsp3) is 0.150. The van der Waals surface area contributed by atoms with Gasteiger partial charge in [-0.15, -0.1) is 11.3 Å². The summed E-state index contributed by atoms with van der Waals surface area (Å²) in [5.74, 6) is 0.453. The Kier molecular flexibility index (Phi) is 5.46. The lowest BCUT2D eigenvalue weighted by molar-refractivity contribution is 0.0958. The Morgan fingerprint density at radius 2 is 1.84 bits per heavy atom. The second-order valence-corrected chi connectivity index (χ2v) is 6.57. The fourth-order valence-corrected chi connectivity index (χ4v) is 3.46. The molecule has 3 nitrogen and oxygen atoms in total. The van der Waals surface area contributed by atoms with Crippen LogP contribution in [0.4, 0.5) is 4.39 Å². The number of carbonyl (C=O) groups excluding carboxylic acids is 1. The zero-order valence-electron chi connectivity index (χ0n) is 13.8. The lowest BCUT2D eigenvalue weighted by Gasteiger charge is -2.08. The van der Waals surface area contributed by atoms with Crippen LogP contribution in [0.25, 0.3) is 10.4 Å². The largest absolute Gasteiger partial charge is 0.496 e. The van der Waals surface area contributed by atoms with E-state index in [1.54, 1.807) is 25.3 Å². The molecule has 0 saturated carbocycles. The maximum atomic E-state index is 13.0. The first-order valence-corrected chi connectivity index (χ1v) is 8.75. The van der Waals surface area contributed by atoms with E-state index in [9.17, 15) is 9.18 Å². The van der Waals surface area contributed by atoms with Crippen LogP contribution < -0.4 is 10.1 Å². The van der Waals surface area contributed by atoms with Crippen LogP contribution in [0, 0.1) is 5.82 Å². The van der Waals surface area contributed by atoms with Gasteiger partial charge in [0.25, 0.3) is 5.91 Å². The summed E-state index contributed by atoms with van der Waals surface area (Å²) >= 11 is 1.39. The van der Waals surface area contributed by atoms with Crippen LogP contribution in [0.1, 0.15) is 15.2 Å². The minimum Gasteiger partial charge on any atom is -0.496 e. The fourth-order valence-electron chi connectivity index (χ4n) is 2.54. The minimum absolute atomic E-state index is 0.103. The SMILES string of the molecule is COc1ccccc1CCNC(=O)c1ccc(-c2ccc(F)cc2)s1. The summed E-state index contributed by atoms with van der Waals surface area (Å²) in [6, 6.07) is 17.7. The molecule has 1 aromatic heterocycles. The molecule has 5 heteroatoms. The molecule has 0 aliphatic rings. The highest BCUT2D eigenvalue weighted by Crippen LogP contribution is 2.28. The summed E-state index contributed by atoms with van der Waals surface area (Å²) in [6.45, 7) is 0.531. The average Bonchev–Trinajstić information content (AvgIpc) is 3.13.